The number of halogens is 1. The summed E-state index contributed by atoms with van der Waals surface area (Å²) in [6.07, 6.45) is 0. The Morgan fingerprint density at radius 1 is 1.17 bits per heavy atom. The van der Waals surface area contributed by atoms with Crippen LogP contribution in [0.4, 0.5) is 5.69 Å². The topological polar surface area (TPSA) is 77.1 Å². The van der Waals surface area contributed by atoms with E-state index in [0.717, 1.165) is 10.9 Å². The lowest BCUT2D eigenvalue weighted by atomic mass is 10.2. The van der Waals surface area contributed by atoms with Crippen molar-refractivity contribution in [3.8, 4) is 0 Å². The summed E-state index contributed by atoms with van der Waals surface area (Å²) in [7, 11) is 0. The molecular formula is C18H16ClN3O2. The second kappa shape index (κ2) is 6.37. The third-order valence-corrected chi connectivity index (χ3v) is 4.18. The number of anilines is 1. The Balaban J connectivity index is 1.95. The molecular weight excluding hydrogens is 326 g/mol. The monoisotopic (exact) mass is 341 g/mol. The van der Waals surface area contributed by atoms with E-state index < -0.39 is 5.91 Å². The zero-order valence-corrected chi connectivity index (χ0v) is 13.8. The zero-order chi connectivity index (χ0) is 17.3. The molecule has 2 aromatic carbocycles. The molecule has 24 heavy (non-hydrogen) atoms. The minimum Gasteiger partial charge on any atom is -0.364 e. The molecule has 0 aliphatic rings. The highest BCUT2D eigenvalue weighted by Gasteiger charge is 2.14. The van der Waals surface area contributed by atoms with E-state index >= 15 is 0 Å². The van der Waals surface area contributed by atoms with Crippen molar-refractivity contribution < 1.29 is 9.59 Å². The average Bonchev–Trinajstić information content (AvgIpc) is 2.93. The Kier molecular flexibility index (Phi) is 4.27. The lowest BCUT2D eigenvalue weighted by molar-refractivity contribution is 0.0990. The quantitative estimate of drug-likeness (QED) is 0.759. The third kappa shape index (κ3) is 2.86. The number of fused-ring (bicyclic) bond motifs is 1. The van der Waals surface area contributed by atoms with Crippen LogP contribution in [0.3, 0.4) is 0 Å². The van der Waals surface area contributed by atoms with Gasteiger partial charge in [-0.25, -0.2) is 0 Å². The third-order valence-electron chi connectivity index (χ3n) is 3.85. The molecule has 3 rings (SSSR count). The minimum absolute atomic E-state index is 0.287. The van der Waals surface area contributed by atoms with Gasteiger partial charge in [0.1, 0.15) is 5.69 Å². The number of aryl methyl sites for hydroxylation is 1. The standard InChI is InChI=1S/C18H16ClN3O2/c1-2-22-15-8-7-12(9-11(15)10-16(22)17(20)23)21-18(24)13-5-3-4-6-14(13)19/h3-10H,2H2,1H3,(H2,20,23)(H,21,24). The summed E-state index contributed by atoms with van der Waals surface area (Å²) in [5.41, 5.74) is 7.79. The molecule has 0 bridgehead atoms. The molecule has 0 aliphatic carbocycles. The molecule has 1 heterocycles. The van der Waals surface area contributed by atoms with Crippen molar-refractivity contribution in [2.24, 2.45) is 5.73 Å². The number of carbonyl (C=O) groups is 2. The predicted octanol–water partition coefficient (Wildman–Crippen LogP) is 3.67. The molecule has 5 nitrogen and oxygen atoms in total. The van der Waals surface area contributed by atoms with Gasteiger partial charge in [-0.1, -0.05) is 23.7 Å². The number of nitrogens with two attached hydrogens (primary N) is 1. The molecule has 0 atom stereocenters. The SMILES string of the molecule is CCn1c(C(N)=O)cc2cc(NC(=O)c3ccccc3Cl)ccc21. The first kappa shape index (κ1) is 16.1. The molecule has 0 aliphatic heterocycles. The minimum atomic E-state index is -0.477. The number of nitrogens with one attached hydrogen (secondary N) is 1. The van der Waals surface area contributed by atoms with Crippen LogP contribution in [0.15, 0.2) is 48.5 Å². The first-order chi connectivity index (χ1) is 11.5. The van der Waals surface area contributed by atoms with Crippen LogP contribution >= 0.6 is 11.6 Å². The van der Waals surface area contributed by atoms with Gasteiger partial charge in [-0.2, -0.15) is 0 Å². The van der Waals surface area contributed by atoms with Crippen LogP contribution in [0.2, 0.25) is 5.02 Å². The second-order valence-electron chi connectivity index (χ2n) is 5.35. The van der Waals surface area contributed by atoms with Crippen LogP contribution in [0, 0.1) is 0 Å². The smallest absolute Gasteiger partial charge is 0.265 e. The highest BCUT2D eigenvalue weighted by Crippen LogP contribution is 2.24. The maximum Gasteiger partial charge on any atom is 0.265 e. The molecule has 3 N–H and O–H groups in total. The van der Waals surface area contributed by atoms with Crippen molar-refractivity contribution in [2.45, 2.75) is 13.5 Å². The number of primary amides is 1. The Labute approximate surface area is 144 Å². The zero-order valence-electron chi connectivity index (χ0n) is 13.0. The van der Waals surface area contributed by atoms with Gasteiger partial charge < -0.3 is 15.6 Å². The van der Waals surface area contributed by atoms with Gasteiger partial charge in [0.2, 0.25) is 0 Å². The molecule has 122 valence electrons. The number of hydrogen-bond donors (Lipinski definition) is 2. The summed E-state index contributed by atoms with van der Waals surface area (Å²) in [4.78, 5) is 23.9. The first-order valence-electron chi connectivity index (χ1n) is 7.50. The van der Waals surface area contributed by atoms with E-state index in [-0.39, 0.29) is 5.91 Å². The van der Waals surface area contributed by atoms with Gasteiger partial charge in [0, 0.05) is 23.1 Å². The van der Waals surface area contributed by atoms with Crippen molar-refractivity contribution in [3.05, 3.63) is 64.8 Å². The highest BCUT2D eigenvalue weighted by molar-refractivity contribution is 6.34. The fourth-order valence-electron chi connectivity index (χ4n) is 2.74. The molecule has 0 saturated carbocycles. The summed E-state index contributed by atoms with van der Waals surface area (Å²) >= 11 is 6.04. The van der Waals surface area contributed by atoms with Crippen LogP contribution in [0.5, 0.6) is 0 Å². The van der Waals surface area contributed by atoms with E-state index in [1.54, 1.807) is 36.4 Å². The van der Waals surface area contributed by atoms with E-state index in [9.17, 15) is 9.59 Å². The van der Waals surface area contributed by atoms with Gasteiger partial charge in [-0.05, 0) is 43.3 Å². The van der Waals surface area contributed by atoms with Crippen molar-refractivity contribution in [2.75, 3.05) is 5.32 Å². The fraction of sp³-hybridized carbons (Fsp3) is 0.111. The Hall–Kier alpha value is -2.79. The first-order valence-corrected chi connectivity index (χ1v) is 7.88. The van der Waals surface area contributed by atoms with Crippen LogP contribution in [-0.2, 0) is 6.54 Å². The fourth-order valence-corrected chi connectivity index (χ4v) is 2.96. The van der Waals surface area contributed by atoms with Crippen molar-refractivity contribution in [1.82, 2.24) is 4.57 Å². The number of aromatic nitrogens is 1. The lowest BCUT2D eigenvalue weighted by Gasteiger charge is -2.08. The van der Waals surface area contributed by atoms with Gasteiger partial charge in [-0.3, -0.25) is 9.59 Å². The maximum atomic E-state index is 12.3. The van der Waals surface area contributed by atoms with E-state index in [2.05, 4.69) is 5.32 Å². The predicted molar refractivity (Wildman–Crippen MR) is 95.5 cm³/mol. The molecule has 1 aromatic heterocycles. The molecule has 0 unspecified atom stereocenters. The number of carbonyl (C=O) groups excluding carboxylic acids is 2. The largest absolute Gasteiger partial charge is 0.364 e. The van der Waals surface area contributed by atoms with Crippen LogP contribution < -0.4 is 11.1 Å². The molecule has 0 spiro atoms. The number of benzene rings is 2. The van der Waals surface area contributed by atoms with Crippen LogP contribution in [-0.4, -0.2) is 16.4 Å². The Bertz CT molecular complexity index is 947. The summed E-state index contributed by atoms with van der Waals surface area (Å²) in [5, 5.41) is 4.05. The molecule has 0 radical (unpaired) electrons. The van der Waals surface area contributed by atoms with E-state index in [4.69, 9.17) is 17.3 Å². The molecule has 2 amide bonds. The van der Waals surface area contributed by atoms with Gasteiger partial charge >= 0.3 is 0 Å². The van der Waals surface area contributed by atoms with Crippen molar-refractivity contribution >= 4 is 40.0 Å². The number of rotatable bonds is 4. The highest BCUT2D eigenvalue weighted by atomic mass is 35.5. The normalized spacial score (nSPS) is 10.8. The summed E-state index contributed by atoms with van der Waals surface area (Å²) in [5.74, 6) is -0.764. The van der Waals surface area contributed by atoms with Crippen LogP contribution in [0.1, 0.15) is 27.8 Å². The van der Waals surface area contributed by atoms with E-state index in [0.29, 0.717) is 28.5 Å². The van der Waals surface area contributed by atoms with Crippen molar-refractivity contribution in [3.63, 3.8) is 0 Å². The Morgan fingerprint density at radius 2 is 1.92 bits per heavy atom. The molecule has 3 aromatic rings. The molecule has 0 fully saturated rings. The van der Waals surface area contributed by atoms with E-state index in [1.165, 1.54) is 0 Å². The average molecular weight is 342 g/mol. The Morgan fingerprint density at radius 3 is 2.58 bits per heavy atom. The van der Waals surface area contributed by atoms with Crippen molar-refractivity contribution in [1.29, 1.82) is 0 Å². The van der Waals surface area contributed by atoms with Gasteiger partial charge in [0.25, 0.3) is 11.8 Å². The van der Waals surface area contributed by atoms with Gasteiger partial charge in [-0.15, -0.1) is 0 Å². The van der Waals surface area contributed by atoms with Gasteiger partial charge in [0.05, 0.1) is 10.6 Å². The summed E-state index contributed by atoms with van der Waals surface area (Å²) in [6.45, 7) is 2.58. The van der Waals surface area contributed by atoms with Crippen LogP contribution in [0.25, 0.3) is 10.9 Å². The maximum absolute atomic E-state index is 12.3. The number of hydrogen-bond acceptors (Lipinski definition) is 2. The van der Waals surface area contributed by atoms with Gasteiger partial charge in [0.15, 0.2) is 0 Å². The molecule has 0 saturated heterocycles. The summed E-state index contributed by atoms with van der Waals surface area (Å²) in [6, 6.07) is 14.0. The second-order valence-corrected chi connectivity index (χ2v) is 5.75. The molecule has 6 heteroatoms. The lowest BCUT2D eigenvalue weighted by Crippen LogP contribution is -2.16. The number of nitrogens with zero attached hydrogens (tertiary/aromatic N) is 1. The number of amides is 2. The van der Waals surface area contributed by atoms with E-state index in [1.807, 2.05) is 23.6 Å². The summed E-state index contributed by atoms with van der Waals surface area (Å²) < 4.78 is 1.84.